The first-order valence-corrected chi connectivity index (χ1v) is 10.4. The van der Waals surface area contributed by atoms with E-state index in [1.807, 2.05) is 6.92 Å². The molecular weight excluding hydrogens is 387 g/mol. The average molecular weight is 414 g/mol. The van der Waals surface area contributed by atoms with E-state index in [-0.39, 0.29) is 12.4 Å². The second-order valence-corrected chi connectivity index (χ2v) is 8.14. The fraction of sp³-hybridized carbons (Fsp3) is 0.550. The van der Waals surface area contributed by atoms with Crippen molar-refractivity contribution in [3.05, 3.63) is 28.6 Å². The maximum Gasteiger partial charge on any atom is 0.419 e. The highest BCUT2D eigenvalue weighted by Gasteiger charge is 2.35. The van der Waals surface area contributed by atoms with Crippen molar-refractivity contribution in [1.29, 1.82) is 0 Å². The van der Waals surface area contributed by atoms with Crippen molar-refractivity contribution in [2.75, 3.05) is 25.5 Å². The molecule has 0 amide bonds. The first-order valence-electron chi connectivity index (χ1n) is 9.59. The number of hydrogen-bond donors (Lipinski definition) is 1. The van der Waals surface area contributed by atoms with Gasteiger partial charge in [0.1, 0.15) is 5.75 Å². The van der Waals surface area contributed by atoms with Crippen LogP contribution in [0.4, 0.5) is 18.3 Å². The molecule has 1 unspecified atom stereocenters. The van der Waals surface area contributed by atoms with Crippen molar-refractivity contribution in [1.82, 2.24) is 9.88 Å². The van der Waals surface area contributed by atoms with Gasteiger partial charge in [0.25, 0.3) is 0 Å². The molecule has 1 N–H and O–H groups in total. The Morgan fingerprint density at radius 3 is 2.75 bits per heavy atom. The van der Waals surface area contributed by atoms with Gasteiger partial charge in [0.2, 0.25) is 0 Å². The monoisotopic (exact) mass is 413 g/mol. The minimum Gasteiger partial charge on any atom is -0.493 e. The van der Waals surface area contributed by atoms with E-state index in [2.05, 4.69) is 22.1 Å². The van der Waals surface area contributed by atoms with Gasteiger partial charge in [0.15, 0.2) is 5.13 Å². The van der Waals surface area contributed by atoms with Gasteiger partial charge in [0, 0.05) is 30.1 Å². The number of nitrogens with one attached hydrogen (secondary N) is 1. The smallest absolute Gasteiger partial charge is 0.419 e. The Hall–Kier alpha value is -1.80. The van der Waals surface area contributed by atoms with Crippen LogP contribution >= 0.6 is 11.3 Å². The summed E-state index contributed by atoms with van der Waals surface area (Å²) in [5, 5.41) is 3.73. The number of nitrogens with zero attached hydrogens (tertiary/aromatic N) is 2. The summed E-state index contributed by atoms with van der Waals surface area (Å²) >= 11 is 1.50. The number of rotatable bonds is 7. The molecule has 154 valence electrons. The van der Waals surface area contributed by atoms with E-state index in [1.165, 1.54) is 17.4 Å². The Bertz CT molecular complexity index is 806. The van der Waals surface area contributed by atoms with Crippen molar-refractivity contribution < 1.29 is 17.9 Å². The topological polar surface area (TPSA) is 37.4 Å². The number of hydrogen-bond acceptors (Lipinski definition) is 5. The predicted molar refractivity (Wildman–Crippen MR) is 107 cm³/mol. The molecule has 1 aliphatic rings. The second-order valence-electron chi connectivity index (χ2n) is 7.06. The van der Waals surface area contributed by atoms with Gasteiger partial charge in [-0.15, -0.1) is 11.3 Å². The molecule has 0 saturated carbocycles. The largest absolute Gasteiger partial charge is 0.493 e. The van der Waals surface area contributed by atoms with Crippen LogP contribution in [0.15, 0.2) is 18.2 Å². The molecule has 4 nitrogen and oxygen atoms in total. The Kier molecular flexibility index (Phi) is 6.50. The van der Waals surface area contributed by atoms with Gasteiger partial charge in [-0.3, -0.25) is 4.90 Å². The number of anilines is 1. The van der Waals surface area contributed by atoms with Crippen LogP contribution in [0.3, 0.4) is 0 Å². The summed E-state index contributed by atoms with van der Waals surface area (Å²) in [6.07, 6.45) is -1.54. The SMILES string of the molecule is CCCOc1ccc(-c2nc(NC)sc2CN2CCCC2C)cc1C(F)(F)F. The molecule has 1 aromatic heterocycles. The molecule has 1 aliphatic heterocycles. The van der Waals surface area contributed by atoms with Crippen LogP contribution in [0.25, 0.3) is 11.3 Å². The molecule has 2 aromatic rings. The molecule has 3 rings (SSSR count). The maximum absolute atomic E-state index is 13.6. The van der Waals surface area contributed by atoms with E-state index in [0.717, 1.165) is 30.3 Å². The summed E-state index contributed by atoms with van der Waals surface area (Å²) in [5.74, 6) is -0.128. The number of alkyl halides is 3. The third-order valence-electron chi connectivity index (χ3n) is 4.97. The van der Waals surface area contributed by atoms with Crippen LogP contribution in [0.5, 0.6) is 5.75 Å². The number of aromatic nitrogens is 1. The summed E-state index contributed by atoms with van der Waals surface area (Å²) in [5.41, 5.74) is 0.328. The van der Waals surface area contributed by atoms with Crippen molar-refractivity contribution in [3.8, 4) is 17.0 Å². The van der Waals surface area contributed by atoms with Crippen molar-refractivity contribution in [2.24, 2.45) is 0 Å². The highest BCUT2D eigenvalue weighted by molar-refractivity contribution is 7.16. The van der Waals surface area contributed by atoms with Crippen LogP contribution in [0.1, 0.15) is 43.6 Å². The van der Waals surface area contributed by atoms with Crippen molar-refractivity contribution in [3.63, 3.8) is 0 Å². The third kappa shape index (κ3) is 4.60. The molecule has 1 fully saturated rings. The van der Waals surface area contributed by atoms with E-state index >= 15 is 0 Å². The number of ether oxygens (including phenoxy) is 1. The van der Waals surface area contributed by atoms with E-state index in [4.69, 9.17) is 4.74 Å². The van der Waals surface area contributed by atoms with E-state index < -0.39 is 11.7 Å². The standard InChI is InChI=1S/C20H26F3N3OS/c1-4-10-27-16-8-7-14(11-15(16)20(21,22)23)18-17(28-19(24-3)25-18)12-26-9-5-6-13(26)2/h7-8,11,13H,4-6,9-10,12H2,1-3H3,(H,24,25). The highest BCUT2D eigenvalue weighted by Crippen LogP contribution is 2.41. The molecule has 0 bridgehead atoms. The summed E-state index contributed by atoms with van der Waals surface area (Å²) in [6, 6.07) is 4.72. The van der Waals surface area contributed by atoms with E-state index in [9.17, 15) is 13.2 Å². The highest BCUT2D eigenvalue weighted by atomic mass is 32.1. The summed E-state index contributed by atoms with van der Waals surface area (Å²) in [7, 11) is 1.77. The molecular formula is C20H26F3N3OS. The van der Waals surface area contributed by atoms with Crippen LogP contribution in [0, 0.1) is 0 Å². The third-order valence-corrected chi connectivity index (χ3v) is 6.03. The van der Waals surface area contributed by atoms with Crippen LogP contribution in [-0.4, -0.2) is 36.1 Å². The van der Waals surface area contributed by atoms with Gasteiger partial charge < -0.3 is 10.1 Å². The first-order chi connectivity index (χ1) is 13.3. The van der Waals surface area contributed by atoms with Gasteiger partial charge in [-0.05, 0) is 50.9 Å². The quantitative estimate of drug-likeness (QED) is 0.637. The lowest BCUT2D eigenvalue weighted by atomic mass is 10.1. The lowest BCUT2D eigenvalue weighted by Crippen LogP contribution is -2.25. The summed E-state index contributed by atoms with van der Waals surface area (Å²) in [6.45, 7) is 6.01. The minimum absolute atomic E-state index is 0.128. The van der Waals surface area contributed by atoms with Gasteiger partial charge in [-0.2, -0.15) is 13.2 Å². The maximum atomic E-state index is 13.6. The lowest BCUT2D eigenvalue weighted by Gasteiger charge is -2.20. The van der Waals surface area contributed by atoms with Gasteiger partial charge >= 0.3 is 6.18 Å². The Balaban J connectivity index is 1.99. The van der Waals surface area contributed by atoms with Crippen LogP contribution in [0.2, 0.25) is 0 Å². The number of halogens is 3. The molecule has 28 heavy (non-hydrogen) atoms. The van der Waals surface area contributed by atoms with Crippen molar-refractivity contribution >= 4 is 16.5 Å². The first kappa shape index (κ1) is 20.9. The number of likely N-dealkylation sites (tertiary alicyclic amines) is 1. The van der Waals surface area contributed by atoms with Crippen molar-refractivity contribution in [2.45, 2.75) is 51.9 Å². The average Bonchev–Trinajstić information content (AvgIpc) is 3.25. The van der Waals surface area contributed by atoms with E-state index in [0.29, 0.717) is 35.4 Å². The second kappa shape index (κ2) is 8.69. The summed E-state index contributed by atoms with van der Waals surface area (Å²) in [4.78, 5) is 7.89. The zero-order valence-electron chi connectivity index (χ0n) is 16.4. The Labute approximate surface area is 167 Å². The lowest BCUT2D eigenvalue weighted by molar-refractivity contribution is -0.138. The molecule has 0 radical (unpaired) electrons. The number of thiazole rings is 1. The van der Waals surface area contributed by atoms with Gasteiger partial charge in [-0.1, -0.05) is 6.92 Å². The molecule has 8 heteroatoms. The normalized spacial score (nSPS) is 17.9. The molecule has 1 atom stereocenters. The van der Waals surface area contributed by atoms with Gasteiger partial charge in [-0.25, -0.2) is 4.98 Å². The zero-order valence-corrected chi connectivity index (χ0v) is 17.2. The number of benzene rings is 1. The Morgan fingerprint density at radius 2 is 2.14 bits per heavy atom. The van der Waals surface area contributed by atoms with Gasteiger partial charge in [0.05, 0.1) is 17.9 Å². The minimum atomic E-state index is -4.48. The molecule has 0 aliphatic carbocycles. The molecule has 0 spiro atoms. The summed E-state index contributed by atoms with van der Waals surface area (Å²) < 4.78 is 46.1. The fourth-order valence-corrected chi connectivity index (χ4v) is 4.40. The molecule has 1 aromatic carbocycles. The van der Waals surface area contributed by atoms with E-state index in [1.54, 1.807) is 13.1 Å². The van der Waals surface area contributed by atoms with Crippen LogP contribution < -0.4 is 10.1 Å². The van der Waals surface area contributed by atoms with Crippen LogP contribution in [-0.2, 0) is 12.7 Å². The molecule has 2 heterocycles. The fourth-order valence-electron chi connectivity index (χ4n) is 3.44. The molecule has 1 saturated heterocycles. The predicted octanol–water partition coefficient (Wildman–Crippen LogP) is 5.64. The zero-order chi connectivity index (χ0) is 20.3. The Morgan fingerprint density at radius 1 is 1.36 bits per heavy atom.